The number of amides is 1. The van der Waals surface area contributed by atoms with Gasteiger partial charge in [-0.15, -0.1) is 36.2 Å². The molecule has 0 spiro atoms. The zero-order valence-electron chi connectivity index (χ0n) is 15.7. The van der Waals surface area contributed by atoms with E-state index in [1.807, 2.05) is 40.2 Å². The summed E-state index contributed by atoms with van der Waals surface area (Å²) in [6, 6.07) is 0. The van der Waals surface area contributed by atoms with Crippen molar-refractivity contribution in [3.05, 3.63) is 33.5 Å². The molecule has 1 aliphatic heterocycles. The number of nitrogens with zero attached hydrogens (tertiary/aromatic N) is 3. The van der Waals surface area contributed by atoms with E-state index in [1.54, 1.807) is 16.0 Å². The van der Waals surface area contributed by atoms with Gasteiger partial charge in [0.1, 0.15) is 5.01 Å². The third-order valence-electron chi connectivity index (χ3n) is 4.70. The molecule has 26 heavy (non-hydrogen) atoms. The van der Waals surface area contributed by atoms with Crippen molar-refractivity contribution in [1.82, 2.24) is 25.4 Å². The highest BCUT2D eigenvalue weighted by molar-refractivity contribution is 7.11. The van der Waals surface area contributed by atoms with Crippen LogP contribution in [-0.2, 0) is 17.4 Å². The lowest BCUT2D eigenvalue weighted by Crippen LogP contribution is -2.45. The van der Waals surface area contributed by atoms with E-state index < -0.39 is 5.54 Å². The molecule has 0 aliphatic carbocycles. The first-order chi connectivity index (χ1) is 11.3. The molecule has 2 aromatic heterocycles. The van der Waals surface area contributed by atoms with Crippen LogP contribution in [-0.4, -0.2) is 33.8 Å². The van der Waals surface area contributed by atoms with E-state index in [2.05, 4.69) is 27.6 Å². The Labute approximate surface area is 171 Å². The molecule has 6 nitrogen and oxygen atoms in total. The Balaban J connectivity index is 0.00000169. The monoisotopic (exact) mass is 419 g/mol. The van der Waals surface area contributed by atoms with Crippen LogP contribution in [0.15, 0.2) is 12.4 Å². The maximum atomic E-state index is 12.9. The summed E-state index contributed by atoms with van der Waals surface area (Å²) in [5.74, 6) is 0.147. The average molecular weight is 420 g/mol. The van der Waals surface area contributed by atoms with Gasteiger partial charge >= 0.3 is 0 Å². The molecule has 0 saturated carbocycles. The van der Waals surface area contributed by atoms with Gasteiger partial charge in [-0.25, -0.2) is 4.98 Å². The van der Waals surface area contributed by atoms with Crippen molar-refractivity contribution in [3.8, 4) is 0 Å². The molecule has 1 amide bonds. The van der Waals surface area contributed by atoms with Crippen LogP contribution in [0, 0.1) is 19.8 Å². The molecule has 3 rings (SSSR count). The van der Waals surface area contributed by atoms with Crippen LogP contribution in [0.4, 0.5) is 0 Å². The first kappa shape index (κ1) is 22.9. The van der Waals surface area contributed by atoms with Gasteiger partial charge in [0.15, 0.2) is 0 Å². The smallest absolute Gasteiger partial charge is 0.225 e. The molecule has 0 unspecified atom stereocenters. The van der Waals surface area contributed by atoms with Gasteiger partial charge in [0, 0.05) is 37.1 Å². The quantitative estimate of drug-likeness (QED) is 0.798. The van der Waals surface area contributed by atoms with E-state index >= 15 is 0 Å². The Kier molecular flexibility index (Phi) is 7.65. The molecule has 2 aromatic rings. The fourth-order valence-corrected chi connectivity index (χ4v) is 4.10. The third-order valence-corrected chi connectivity index (χ3v) is 6.10. The fraction of sp³-hybridized carbons (Fsp3) is 0.588. The first-order valence-corrected chi connectivity index (χ1v) is 9.05. The molecule has 146 valence electrons. The van der Waals surface area contributed by atoms with E-state index in [1.165, 1.54) is 4.88 Å². The standard InChI is InChI=1S/C17H25N5OS.2ClH/c1-10-11(2)24-16(20-10)17(3,4)21-15(23)14-8-18-7-13(14)12-6-19-22(5)9-12;;/h6,9,13-14,18H,7-8H2,1-5H3,(H,21,23);2*1H/t13-,14+;;/m1../s1. The predicted octanol–water partition coefficient (Wildman–Crippen LogP) is 2.69. The number of aryl methyl sites for hydroxylation is 3. The van der Waals surface area contributed by atoms with E-state index in [0.29, 0.717) is 6.54 Å². The zero-order valence-corrected chi connectivity index (χ0v) is 18.1. The number of carbonyl (C=O) groups is 1. The Bertz CT molecular complexity index is 739. The topological polar surface area (TPSA) is 71.8 Å². The van der Waals surface area contributed by atoms with Gasteiger partial charge in [0.05, 0.1) is 23.3 Å². The molecule has 9 heteroatoms. The SMILES string of the molecule is Cc1nc(C(C)(C)NC(=O)[C@H]2CNC[C@@H]2c2cnn(C)c2)sc1C.Cl.Cl. The van der Waals surface area contributed by atoms with Crippen molar-refractivity contribution < 1.29 is 4.79 Å². The Hall–Kier alpha value is -1.15. The second kappa shape index (κ2) is 8.69. The van der Waals surface area contributed by atoms with Gasteiger partial charge < -0.3 is 10.6 Å². The normalized spacial score (nSPS) is 19.6. The molecule has 2 N–H and O–H groups in total. The predicted molar refractivity (Wildman–Crippen MR) is 110 cm³/mol. The van der Waals surface area contributed by atoms with Crippen LogP contribution < -0.4 is 10.6 Å². The van der Waals surface area contributed by atoms with Crippen molar-refractivity contribution in [2.24, 2.45) is 13.0 Å². The van der Waals surface area contributed by atoms with Crippen molar-refractivity contribution in [3.63, 3.8) is 0 Å². The molecule has 1 fully saturated rings. The van der Waals surface area contributed by atoms with Gasteiger partial charge in [-0.3, -0.25) is 9.48 Å². The number of hydrogen-bond donors (Lipinski definition) is 2. The highest BCUT2D eigenvalue weighted by Gasteiger charge is 2.37. The Morgan fingerprint density at radius 3 is 2.58 bits per heavy atom. The lowest BCUT2D eigenvalue weighted by atomic mass is 9.89. The van der Waals surface area contributed by atoms with Crippen LogP contribution >= 0.6 is 36.2 Å². The van der Waals surface area contributed by atoms with Gasteiger partial charge in [-0.2, -0.15) is 5.10 Å². The molecule has 2 atom stereocenters. The van der Waals surface area contributed by atoms with Crippen molar-refractivity contribution in [2.75, 3.05) is 13.1 Å². The second-order valence-corrected chi connectivity index (χ2v) is 8.30. The van der Waals surface area contributed by atoms with E-state index in [-0.39, 0.29) is 42.6 Å². The molecular formula is C17H27Cl2N5OS. The summed E-state index contributed by atoms with van der Waals surface area (Å²) in [7, 11) is 1.90. The van der Waals surface area contributed by atoms with Crippen molar-refractivity contribution in [2.45, 2.75) is 39.2 Å². The number of aromatic nitrogens is 3. The molecule has 0 radical (unpaired) electrons. The summed E-state index contributed by atoms with van der Waals surface area (Å²) in [5.41, 5.74) is 1.68. The Morgan fingerprint density at radius 2 is 2.04 bits per heavy atom. The summed E-state index contributed by atoms with van der Waals surface area (Å²) in [4.78, 5) is 18.7. The molecule has 0 bridgehead atoms. The van der Waals surface area contributed by atoms with Gasteiger partial charge in [0.25, 0.3) is 0 Å². The summed E-state index contributed by atoms with van der Waals surface area (Å²) in [5, 5.41) is 11.7. The van der Waals surface area contributed by atoms with Crippen molar-refractivity contribution >= 4 is 42.1 Å². The zero-order chi connectivity index (χ0) is 17.5. The molecule has 0 aromatic carbocycles. The minimum absolute atomic E-state index is 0. The fourth-order valence-electron chi connectivity index (χ4n) is 3.13. The van der Waals surface area contributed by atoms with E-state index in [4.69, 9.17) is 0 Å². The number of rotatable bonds is 4. The molecule has 3 heterocycles. The van der Waals surface area contributed by atoms with Crippen LogP contribution in [0.25, 0.3) is 0 Å². The van der Waals surface area contributed by atoms with Crippen LogP contribution in [0.5, 0.6) is 0 Å². The number of nitrogens with one attached hydrogen (secondary N) is 2. The van der Waals surface area contributed by atoms with Crippen LogP contribution in [0.1, 0.15) is 40.9 Å². The number of hydrogen-bond acceptors (Lipinski definition) is 5. The van der Waals surface area contributed by atoms with E-state index in [9.17, 15) is 4.79 Å². The van der Waals surface area contributed by atoms with Gasteiger partial charge in [-0.1, -0.05) is 0 Å². The molecule has 1 aliphatic rings. The second-order valence-electron chi connectivity index (χ2n) is 7.09. The third kappa shape index (κ3) is 4.57. The van der Waals surface area contributed by atoms with Crippen LogP contribution in [0.3, 0.4) is 0 Å². The van der Waals surface area contributed by atoms with Crippen LogP contribution in [0.2, 0.25) is 0 Å². The average Bonchev–Trinajstić information content (AvgIpc) is 3.19. The van der Waals surface area contributed by atoms with Gasteiger partial charge in [0.2, 0.25) is 5.91 Å². The van der Waals surface area contributed by atoms with Crippen molar-refractivity contribution in [1.29, 1.82) is 0 Å². The maximum Gasteiger partial charge on any atom is 0.225 e. The minimum atomic E-state index is -0.469. The highest BCUT2D eigenvalue weighted by atomic mass is 35.5. The lowest BCUT2D eigenvalue weighted by molar-refractivity contribution is -0.126. The number of halogens is 2. The highest BCUT2D eigenvalue weighted by Crippen LogP contribution is 2.31. The first-order valence-electron chi connectivity index (χ1n) is 8.23. The number of carbonyl (C=O) groups excluding carboxylic acids is 1. The molecular weight excluding hydrogens is 393 g/mol. The van der Waals surface area contributed by atoms with Gasteiger partial charge in [-0.05, 0) is 33.3 Å². The summed E-state index contributed by atoms with van der Waals surface area (Å²) >= 11 is 1.65. The minimum Gasteiger partial charge on any atom is -0.344 e. The lowest BCUT2D eigenvalue weighted by Gasteiger charge is -2.27. The summed E-state index contributed by atoms with van der Waals surface area (Å²) in [6.07, 6.45) is 3.85. The molecule has 1 saturated heterocycles. The summed E-state index contributed by atoms with van der Waals surface area (Å²) < 4.78 is 1.79. The van der Waals surface area contributed by atoms with E-state index in [0.717, 1.165) is 22.8 Å². The Morgan fingerprint density at radius 1 is 1.35 bits per heavy atom. The number of thiazole rings is 1. The largest absolute Gasteiger partial charge is 0.344 e. The summed E-state index contributed by atoms with van der Waals surface area (Å²) in [6.45, 7) is 9.60. The maximum absolute atomic E-state index is 12.9.